The fourth-order valence-corrected chi connectivity index (χ4v) is 2.61. The largest absolute Gasteiger partial charge is 0.297 e. The van der Waals surface area contributed by atoms with E-state index in [1.54, 1.807) is 24.3 Å². The molecule has 0 spiro atoms. The number of sulfone groups is 1. The van der Waals surface area contributed by atoms with Gasteiger partial charge in [-0.1, -0.05) is 42.2 Å². The van der Waals surface area contributed by atoms with E-state index in [1.165, 1.54) is 11.8 Å². The lowest BCUT2D eigenvalue weighted by atomic mass is 10.0. The van der Waals surface area contributed by atoms with Gasteiger partial charge >= 0.3 is 0 Å². The van der Waals surface area contributed by atoms with E-state index < -0.39 is 9.84 Å². The Hall–Kier alpha value is -2.09. The molecule has 0 aliphatic rings. The van der Waals surface area contributed by atoms with Gasteiger partial charge in [0, 0.05) is 18.4 Å². The third-order valence-corrected chi connectivity index (χ3v) is 4.51. The van der Waals surface area contributed by atoms with Gasteiger partial charge in [0.25, 0.3) is 0 Å². The van der Waals surface area contributed by atoms with Crippen LogP contribution in [0.3, 0.4) is 0 Å². The normalized spacial score (nSPS) is 11.6. The van der Waals surface area contributed by atoms with Gasteiger partial charge in [-0.2, -0.15) is 0 Å². The number of rotatable bonds is 4. The van der Waals surface area contributed by atoms with Gasteiger partial charge in [0.1, 0.15) is 0 Å². The zero-order valence-electron chi connectivity index (χ0n) is 13.6. The molecule has 2 aromatic rings. The zero-order chi connectivity index (χ0) is 16.9. The van der Waals surface area contributed by atoms with Gasteiger partial charge in [-0.15, -0.1) is 0 Å². The highest BCUT2D eigenvalue weighted by Gasteiger charge is 2.12. The highest BCUT2D eigenvalue weighted by Crippen LogP contribution is 2.10. The SMILES string of the molecule is CC(C)(C#Cc1ccc(S(C)(=O)=O)cc1)NCc1ccccc1. The molecule has 0 aliphatic carbocycles. The monoisotopic (exact) mass is 327 g/mol. The van der Waals surface area contributed by atoms with Crippen molar-refractivity contribution in [2.45, 2.75) is 30.8 Å². The number of hydrogen-bond donors (Lipinski definition) is 1. The minimum Gasteiger partial charge on any atom is -0.297 e. The minimum atomic E-state index is -3.16. The van der Waals surface area contributed by atoms with E-state index in [9.17, 15) is 8.42 Å². The molecule has 0 atom stereocenters. The van der Waals surface area contributed by atoms with E-state index in [0.717, 1.165) is 12.1 Å². The van der Waals surface area contributed by atoms with Crippen molar-refractivity contribution in [2.24, 2.45) is 0 Å². The van der Waals surface area contributed by atoms with Crippen molar-refractivity contribution in [3.63, 3.8) is 0 Å². The smallest absolute Gasteiger partial charge is 0.175 e. The topological polar surface area (TPSA) is 46.2 Å². The number of benzene rings is 2. The quantitative estimate of drug-likeness (QED) is 0.878. The summed E-state index contributed by atoms with van der Waals surface area (Å²) in [5.41, 5.74) is 1.66. The summed E-state index contributed by atoms with van der Waals surface area (Å²) in [6.45, 7) is 4.79. The highest BCUT2D eigenvalue weighted by molar-refractivity contribution is 7.90. The van der Waals surface area contributed by atoms with Crippen LogP contribution in [0.25, 0.3) is 0 Å². The van der Waals surface area contributed by atoms with Crippen molar-refractivity contribution in [1.29, 1.82) is 0 Å². The third kappa shape index (κ3) is 5.55. The Kier molecular flexibility index (Phi) is 5.25. The lowest BCUT2D eigenvalue weighted by molar-refractivity contribution is 0.490. The second kappa shape index (κ2) is 6.99. The van der Waals surface area contributed by atoms with Gasteiger partial charge in [0.05, 0.1) is 10.4 Å². The van der Waals surface area contributed by atoms with Crippen LogP contribution in [0.5, 0.6) is 0 Å². The van der Waals surface area contributed by atoms with Gasteiger partial charge in [-0.05, 0) is 43.7 Å². The summed E-state index contributed by atoms with van der Waals surface area (Å²) in [7, 11) is -3.16. The van der Waals surface area contributed by atoms with Crippen molar-refractivity contribution in [2.75, 3.05) is 6.26 Å². The van der Waals surface area contributed by atoms with Gasteiger partial charge in [0.15, 0.2) is 9.84 Å². The van der Waals surface area contributed by atoms with Crippen molar-refractivity contribution < 1.29 is 8.42 Å². The lowest BCUT2D eigenvalue weighted by Crippen LogP contribution is -2.37. The lowest BCUT2D eigenvalue weighted by Gasteiger charge is -2.19. The first kappa shape index (κ1) is 17.3. The average molecular weight is 327 g/mol. The maximum Gasteiger partial charge on any atom is 0.175 e. The van der Waals surface area contributed by atoms with Gasteiger partial charge in [0.2, 0.25) is 0 Å². The third-order valence-electron chi connectivity index (χ3n) is 3.38. The van der Waals surface area contributed by atoms with Crippen LogP contribution in [-0.2, 0) is 16.4 Å². The second-order valence-corrected chi connectivity index (χ2v) is 8.03. The van der Waals surface area contributed by atoms with Crippen LogP contribution in [0, 0.1) is 11.8 Å². The Morgan fingerprint density at radius 1 is 1.00 bits per heavy atom. The fourth-order valence-electron chi connectivity index (χ4n) is 1.98. The molecule has 0 bridgehead atoms. The Labute approximate surface area is 138 Å². The van der Waals surface area contributed by atoms with Gasteiger partial charge < -0.3 is 0 Å². The van der Waals surface area contributed by atoms with Crippen LogP contribution >= 0.6 is 0 Å². The van der Waals surface area contributed by atoms with E-state index in [-0.39, 0.29) is 5.54 Å². The number of nitrogens with one attached hydrogen (secondary N) is 1. The average Bonchev–Trinajstić information content (AvgIpc) is 2.52. The highest BCUT2D eigenvalue weighted by atomic mass is 32.2. The van der Waals surface area contributed by atoms with Crippen LogP contribution < -0.4 is 5.32 Å². The Balaban J connectivity index is 2.04. The van der Waals surface area contributed by atoms with Crippen LogP contribution in [0.4, 0.5) is 0 Å². The Morgan fingerprint density at radius 3 is 2.17 bits per heavy atom. The molecule has 0 fully saturated rings. The molecule has 0 aromatic heterocycles. The predicted molar refractivity (Wildman–Crippen MR) is 93.8 cm³/mol. The molecule has 1 N–H and O–H groups in total. The molecular formula is C19H21NO2S. The van der Waals surface area contributed by atoms with Crippen molar-refractivity contribution in [1.82, 2.24) is 5.32 Å². The Bertz CT molecular complexity index is 811. The maximum atomic E-state index is 11.4. The number of hydrogen-bond acceptors (Lipinski definition) is 3. The zero-order valence-corrected chi connectivity index (χ0v) is 14.4. The van der Waals surface area contributed by atoms with Crippen molar-refractivity contribution in [3.8, 4) is 11.8 Å². The summed E-state index contributed by atoms with van der Waals surface area (Å²) in [4.78, 5) is 0.310. The molecule has 3 nitrogen and oxygen atoms in total. The molecule has 0 radical (unpaired) electrons. The molecular weight excluding hydrogens is 306 g/mol. The van der Waals surface area contributed by atoms with E-state index >= 15 is 0 Å². The molecule has 2 aromatic carbocycles. The second-order valence-electron chi connectivity index (χ2n) is 6.01. The first-order chi connectivity index (χ1) is 10.8. The molecule has 0 amide bonds. The molecule has 0 saturated heterocycles. The summed E-state index contributed by atoms with van der Waals surface area (Å²) in [5.74, 6) is 6.29. The molecule has 2 rings (SSSR count). The summed E-state index contributed by atoms with van der Waals surface area (Å²) < 4.78 is 22.9. The summed E-state index contributed by atoms with van der Waals surface area (Å²) in [5, 5.41) is 3.41. The van der Waals surface area contributed by atoms with Crippen molar-refractivity contribution in [3.05, 3.63) is 65.7 Å². The standard InChI is InChI=1S/C19H21NO2S/c1-19(2,20-15-17-7-5-4-6-8-17)14-13-16-9-11-18(12-10-16)23(3,21)22/h4-12,20H,15H2,1-3H3. The molecule has 4 heteroatoms. The summed E-state index contributed by atoms with van der Waals surface area (Å²) in [6, 6.07) is 16.8. The molecule has 0 heterocycles. The molecule has 0 saturated carbocycles. The molecule has 0 aliphatic heterocycles. The van der Waals surface area contributed by atoms with E-state index in [2.05, 4.69) is 29.3 Å². The summed E-state index contributed by atoms with van der Waals surface area (Å²) in [6.07, 6.45) is 1.20. The van der Waals surface area contributed by atoms with Crippen LogP contribution in [0.2, 0.25) is 0 Å². The van der Waals surface area contributed by atoms with Gasteiger partial charge in [-0.25, -0.2) is 8.42 Å². The maximum absolute atomic E-state index is 11.4. The molecule has 120 valence electrons. The van der Waals surface area contributed by atoms with Gasteiger partial charge in [-0.3, -0.25) is 5.32 Å². The van der Waals surface area contributed by atoms with Crippen molar-refractivity contribution >= 4 is 9.84 Å². The first-order valence-electron chi connectivity index (χ1n) is 7.38. The van der Waals surface area contributed by atoms with E-state index in [4.69, 9.17) is 0 Å². The molecule has 23 heavy (non-hydrogen) atoms. The Morgan fingerprint density at radius 2 is 1.61 bits per heavy atom. The van der Waals surface area contributed by atoms with Crippen LogP contribution in [-0.4, -0.2) is 20.2 Å². The molecule has 0 unspecified atom stereocenters. The summed E-state index contributed by atoms with van der Waals surface area (Å²) >= 11 is 0. The first-order valence-corrected chi connectivity index (χ1v) is 9.28. The van der Waals surface area contributed by atoms with Crippen LogP contribution in [0.1, 0.15) is 25.0 Å². The predicted octanol–water partition coefficient (Wildman–Crippen LogP) is 3.01. The minimum absolute atomic E-state index is 0.310. The fraction of sp³-hybridized carbons (Fsp3) is 0.263. The van der Waals surface area contributed by atoms with E-state index in [1.807, 2.05) is 32.0 Å². The van der Waals surface area contributed by atoms with Crippen LogP contribution in [0.15, 0.2) is 59.5 Å². The van der Waals surface area contributed by atoms with E-state index in [0.29, 0.717) is 4.90 Å².